The molecule has 0 aliphatic carbocycles. The van der Waals surface area contributed by atoms with Crippen molar-refractivity contribution in [2.75, 3.05) is 0 Å². The van der Waals surface area contributed by atoms with Gasteiger partial charge >= 0.3 is 0 Å². The Balaban J connectivity index is 1.42. The van der Waals surface area contributed by atoms with Crippen molar-refractivity contribution in [1.29, 1.82) is 0 Å². The number of carbonyl (C=O) groups is 1. The molecule has 0 aliphatic heterocycles. The van der Waals surface area contributed by atoms with Crippen molar-refractivity contribution in [3.05, 3.63) is 89.5 Å². The number of aromatic nitrogens is 3. The predicted molar refractivity (Wildman–Crippen MR) is 117 cm³/mol. The maximum absolute atomic E-state index is 12.6. The Morgan fingerprint density at radius 2 is 1.71 bits per heavy atom. The quantitative estimate of drug-likeness (QED) is 0.482. The van der Waals surface area contributed by atoms with Gasteiger partial charge in [0.05, 0.1) is 23.0 Å². The van der Waals surface area contributed by atoms with Crippen LogP contribution in [0.1, 0.15) is 34.5 Å². The first-order chi connectivity index (χ1) is 14.8. The molecule has 3 N–H and O–H groups in total. The molecule has 1 heterocycles. The molecule has 0 saturated carbocycles. The molecule has 4 rings (SSSR count). The van der Waals surface area contributed by atoms with Crippen LogP contribution in [0.4, 0.5) is 0 Å². The van der Waals surface area contributed by atoms with E-state index < -0.39 is 10.0 Å². The maximum Gasteiger partial charge on any atom is 0.251 e. The van der Waals surface area contributed by atoms with Crippen LogP contribution >= 0.6 is 0 Å². The van der Waals surface area contributed by atoms with Crippen LogP contribution in [0.3, 0.4) is 0 Å². The maximum atomic E-state index is 12.6. The third kappa shape index (κ3) is 4.62. The van der Waals surface area contributed by atoms with E-state index in [1.165, 1.54) is 12.1 Å². The number of nitrogens with zero attached hydrogens (tertiary/aromatic N) is 3. The number of sulfonamides is 1. The zero-order chi connectivity index (χ0) is 22.0. The number of benzene rings is 3. The zero-order valence-electron chi connectivity index (χ0n) is 16.8. The number of hydrogen-bond acceptors (Lipinski definition) is 5. The van der Waals surface area contributed by atoms with Crippen molar-refractivity contribution < 1.29 is 13.2 Å². The van der Waals surface area contributed by atoms with Gasteiger partial charge in [-0.05, 0) is 54.4 Å². The SMILES string of the molecule is CC(NC(=O)c1ccc(Cn2nnc3ccccc32)cc1)c1ccc(S(N)(=O)=O)cc1. The molecule has 0 spiro atoms. The first kappa shape index (κ1) is 20.7. The smallest absolute Gasteiger partial charge is 0.251 e. The van der Waals surface area contributed by atoms with Gasteiger partial charge in [-0.3, -0.25) is 4.79 Å². The van der Waals surface area contributed by atoms with Gasteiger partial charge in [0, 0.05) is 5.56 Å². The van der Waals surface area contributed by atoms with Gasteiger partial charge in [0.15, 0.2) is 0 Å². The van der Waals surface area contributed by atoms with Gasteiger partial charge in [-0.25, -0.2) is 18.2 Å². The van der Waals surface area contributed by atoms with Gasteiger partial charge in [0.25, 0.3) is 5.91 Å². The van der Waals surface area contributed by atoms with Gasteiger partial charge in [-0.2, -0.15) is 0 Å². The molecule has 0 saturated heterocycles. The van der Waals surface area contributed by atoms with Crippen LogP contribution in [0.5, 0.6) is 0 Å². The van der Waals surface area contributed by atoms with Crippen LogP contribution in [0.15, 0.2) is 77.7 Å². The molecule has 4 aromatic rings. The molecule has 1 unspecified atom stereocenters. The highest BCUT2D eigenvalue weighted by molar-refractivity contribution is 7.89. The first-order valence-electron chi connectivity index (χ1n) is 9.62. The number of hydrogen-bond donors (Lipinski definition) is 2. The summed E-state index contributed by atoms with van der Waals surface area (Å²) in [4.78, 5) is 12.6. The minimum Gasteiger partial charge on any atom is -0.346 e. The number of nitrogens with two attached hydrogens (primary N) is 1. The molecule has 1 atom stereocenters. The standard InChI is InChI=1S/C22H21N5O3S/c1-15(17-10-12-19(13-11-17)31(23,29)30)24-22(28)18-8-6-16(7-9-18)14-27-21-5-3-2-4-20(21)25-26-27/h2-13,15H,14H2,1H3,(H,24,28)(H2,23,29,30). The summed E-state index contributed by atoms with van der Waals surface area (Å²) in [5.74, 6) is -0.222. The van der Waals surface area contributed by atoms with Crippen molar-refractivity contribution in [3.63, 3.8) is 0 Å². The molecule has 158 valence electrons. The molecular weight excluding hydrogens is 414 g/mol. The number of fused-ring (bicyclic) bond motifs is 1. The topological polar surface area (TPSA) is 120 Å². The number of rotatable bonds is 6. The molecule has 8 nitrogen and oxygen atoms in total. The van der Waals surface area contributed by atoms with Crippen molar-refractivity contribution >= 4 is 27.0 Å². The van der Waals surface area contributed by atoms with Crippen molar-refractivity contribution in [3.8, 4) is 0 Å². The normalized spacial score (nSPS) is 12.6. The van der Waals surface area contributed by atoms with Gasteiger partial charge in [0.1, 0.15) is 5.52 Å². The molecule has 0 fully saturated rings. The van der Waals surface area contributed by atoms with Crippen LogP contribution in [0.2, 0.25) is 0 Å². The summed E-state index contributed by atoms with van der Waals surface area (Å²) in [6.07, 6.45) is 0. The number of amides is 1. The fourth-order valence-electron chi connectivity index (χ4n) is 3.28. The average Bonchev–Trinajstić information content (AvgIpc) is 3.16. The Morgan fingerprint density at radius 3 is 2.39 bits per heavy atom. The molecule has 3 aromatic carbocycles. The highest BCUT2D eigenvalue weighted by atomic mass is 32.2. The number of para-hydroxylation sites is 1. The lowest BCUT2D eigenvalue weighted by Crippen LogP contribution is -2.26. The Labute approximate surface area is 179 Å². The molecule has 31 heavy (non-hydrogen) atoms. The minimum atomic E-state index is -3.74. The average molecular weight is 436 g/mol. The molecule has 9 heteroatoms. The zero-order valence-corrected chi connectivity index (χ0v) is 17.6. The second-order valence-corrected chi connectivity index (χ2v) is 8.80. The Bertz CT molecular complexity index is 1330. The van der Waals surface area contributed by atoms with E-state index in [1.54, 1.807) is 24.3 Å². The molecule has 0 aliphatic rings. The molecule has 1 amide bonds. The predicted octanol–water partition coefficient (Wildman–Crippen LogP) is 2.62. The van der Waals surface area contributed by atoms with E-state index >= 15 is 0 Å². The van der Waals surface area contributed by atoms with Crippen molar-refractivity contribution in [2.24, 2.45) is 5.14 Å². The van der Waals surface area contributed by atoms with E-state index in [4.69, 9.17) is 5.14 Å². The fourth-order valence-corrected chi connectivity index (χ4v) is 3.79. The Kier molecular flexibility index (Phi) is 5.53. The van der Waals surface area contributed by atoms with Gasteiger partial charge in [-0.1, -0.05) is 41.6 Å². The van der Waals surface area contributed by atoms with E-state index in [-0.39, 0.29) is 16.8 Å². The van der Waals surface area contributed by atoms with E-state index in [0.29, 0.717) is 12.1 Å². The summed E-state index contributed by atoms with van der Waals surface area (Å²) >= 11 is 0. The third-order valence-electron chi connectivity index (χ3n) is 5.02. The number of primary sulfonamides is 1. The Morgan fingerprint density at radius 1 is 1.03 bits per heavy atom. The molecule has 0 bridgehead atoms. The second kappa shape index (κ2) is 8.29. The van der Waals surface area contributed by atoms with Crippen LogP contribution in [0, 0.1) is 0 Å². The number of carbonyl (C=O) groups excluding carboxylic acids is 1. The lowest BCUT2D eigenvalue weighted by Gasteiger charge is -2.15. The first-order valence-corrected chi connectivity index (χ1v) is 11.2. The lowest BCUT2D eigenvalue weighted by molar-refractivity contribution is 0.0940. The molecule has 1 aromatic heterocycles. The highest BCUT2D eigenvalue weighted by Gasteiger charge is 2.14. The second-order valence-electron chi connectivity index (χ2n) is 7.24. The van der Waals surface area contributed by atoms with E-state index in [2.05, 4.69) is 15.6 Å². The monoisotopic (exact) mass is 435 g/mol. The third-order valence-corrected chi connectivity index (χ3v) is 5.95. The highest BCUT2D eigenvalue weighted by Crippen LogP contribution is 2.17. The lowest BCUT2D eigenvalue weighted by atomic mass is 10.1. The number of nitrogens with one attached hydrogen (secondary N) is 1. The van der Waals surface area contributed by atoms with Crippen molar-refractivity contribution in [1.82, 2.24) is 20.3 Å². The summed E-state index contributed by atoms with van der Waals surface area (Å²) in [6.45, 7) is 2.38. The minimum absolute atomic E-state index is 0.0329. The van der Waals surface area contributed by atoms with Crippen LogP contribution in [-0.2, 0) is 16.6 Å². The van der Waals surface area contributed by atoms with Crippen molar-refractivity contribution in [2.45, 2.75) is 24.4 Å². The molecule has 0 radical (unpaired) electrons. The van der Waals surface area contributed by atoms with E-state index in [9.17, 15) is 13.2 Å². The van der Waals surface area contributed by atoms with E-state index in [1.807, 2.05) is 48.0 Å². The summed E-state index contributed by atoms with van der Waals surface area (Å²) in [6, 6.07) is 20.9. The van der Waals surface area contributed by atoms with Gasteiger partial charge in [0.2, 0.25) is 10.0 Å². The summed E-state index contributed by atoms with van der Waals surface area (Å²) < 4.78 is 24.6. The van der Waals surface area contributed by atoms with Crippen LogP contribution in [0.25, 0.3) is 11.0 Å². The largest absolute Gasteiger partial charge is 0.346 e. The summed E-state index contributed by atoms with van der Waals surface area (Å²) in [5.41, 5.74) is 4.09. The summed E-state index contributed by atoms with van der Waals surface area (Å²) in [7, 11) is -3.74. The van der Waals surface area contributed by atoms with Crippen LogP contribution < -0.4 is 10.5 Å². The van der Waals surface area contributed by atoms with Crippen LogP contribution in [-0.4, -0.2) is 29.3 Å². The van der Waals surface area contributed by atoms with E-state index in [0.717, 1.165) is 22.2 Å². The molecular formula is C22H21N5O3S. The van der Waals surface area contributed by atoms with Gasteiger partial charge < -0.3 is 5.32 Å². The Hall–Kier alpha value is -3.56. The fraction of sp³-hybridized carbons (Fsp3) is 0.136. The van der Waals surface area contributed by atoms with Gasteiger partial charge in [-0.15, -0.1) is 5.10 Å². The summed E-state index contributed by atoms with van der Waals surface area (Å²) in [5, 5.41) is 16.4.